The molecule has 0 radical (unpaired) electrons. The molecule has 0 aliphatic carbocycles. The number of benzene rings is 2. The van der Waals surface area contributed by atoms with Gasteiger partial charge >= 0.3 is 0 Å². The fraction of sp³-hybridized carbons (Fsp3) is 0.360. The van der Waals surface area contributed by atoms with Crippen molar-refractivity contribution >= 4 is 40.6 Å². The number of nitrogens with zero attached hydrogens (tertiary/aromatic N) is 3. The molecule has 7 nitrogen and oxygen atoms in total. The van der Waals surface area contributed by atoms with E-state index in [0.29, 0.717) is 36.2 Å². The minimum atomic E-state index is -0.762. The van der Waals surface area contributed by atoms with E-state index in [-0.39, 0.29) is 35.3 Å². The van der Waals surface area contributed by atoms with E-state index in [4.69, 9.17) is 0 Å². The van der Waals surface area contributed by atoms with Gasteiger partial charge in [-0.1, -0.05) is 32.0 Å². The molecule has 34 heavy (non-hydrogen) atoms. The van der Waals surface area contributed by atoms with Gasteiger partial charge in [-0.3, -0.25) is 9.59 Å². The Labute approximate surface area is 204 Å². The minimum Gasteiger partial charge on any atom is -0.506 e. The van der Waals surface area contributed by atoms with Crippen LogP contribution in [0.15, 0.2) is 47.3 Å². The van der Waals surface area contributed by atoms with Gasteiger partial charge in [0.2, 0.25) is 0 Å². The lowest BCUT2D eigenvalue weighted by atomic mass is 10.1. The van der Waals surface area contributed by atoms with Gasteiger partial charge in [0.25, 0.3) is 11.5 Å². The lowest BCUT2D eigenvalue weighted by Crippen LogP contribution is -2.45. The van der Waals surface area contributed by atoms with Crippen molar-refractivity contribution in [1.82, 2.24) is 9.47 Å². The Bertz CT molecular complexity index is 1250. The maximum atomic E-state index is 14.8. The molecule has 0 spiro atoms. The SMILES string of the molecule is CC(C)Cn1c(=O)c(C(=O)Nc2cccc(F)c2N2CCN(C)CC2)c(O)c2ccccc21.Cl. The van der Waals surface area contributed by atoms with E-state index in [2.05, 4.69) is 10.2 Å². The third kappa shape index (κ3) is 4.88. The Morgan fingerprint density at radius 3 is 2.44 bits per heavy atom. The van der Waals surface area contributed by atoms with Crippen molar-refractivity contribution in [2.24, 2.45) is 5.92 Å². The number of nitrogens with one attached hydrogen (secondary N) is 1. The number of pyridine rings is 1. The Morgan fingerprint density at radius 2 is 1.76 bits per heavy atom. The molecule has 9 heteroatoms. The second kappa shape index (κ2) is 10.4. The van der Waals surface area contributed by atoms with Gasteiger partial charge < -0.3 is 24.8 Å². The summed E-state index contributed by atoms with van der Waals surface area (Å²) < 4.78 is 16.4. The van der Waals surface area contributed by atoms with Gasteiger partial charge in [-0.15, -0.1) is 12.4 Å². The van der Waals surface area contributed by atoms with Crippen LogP contribution in [0.2, 0.25) is 0 Å². The molecule has 0 saturated carbocycles. The third-order valence-corrected chi connectivity index (χ3v) is 5.98. The van der Waals surface area contributed by atoms with Crippen LogP contribution in [-0.4, -0.2) is 53.7 Å². The average molecular weight is 489 g/mol. The first-order valence-corrected chi connectivity index (χ1v) is 11.2. The molecule has 1 aliphatic heterocycles. The standard InChI is InChI=1S/C25H29FN4O3.ClH/c1-16(2)15-30-20-10-5-4-7-17(20)23(31)21(25(30)33)24(32)27-19-9-6-8-18(26)22(19)29-13-11-28(3)12-14-29;/h4-10,16,31H,11-15H2,1-3H3,(H,27,32);1H. The van der Waals surface area contributed by atoms with Crippen LogP contribution in [0.5, 0.6) is 5.75 Å². The Hall–Kier alpha value is -3.10. The molecule has 1 amide bonds. The van der Waals surface area contributed by atoms with Gasteiger partial charge in [0.1, 0.15) is 17.1 Å². The summed E-state index contributed by atoms with van der Waals surface area (Å²) in [5.74, 6) is -1.43. The molecule has 4 rings (SSSR count). The first-order chi connectivity index (χ1) is 15.8. The third-order valence-electron chi connectivity index (χ3n) is 5.98. The predicted octanol–water partition coefficient (Wildman–Crippen LogP) is 3.93. The van der Waals surface area contributed by atoms with Gasteiger partial charge in [-0.2, -0.15) is 0 Å². The molecular weight excluding hydrogens is 459 g/mol. The highest BCUT2D eigenvalue weighted by molar-refractivity contribution is 6.10. The van der Waals surface area contributed by atoms with Crippen LogP contribution < -0.4 is 15.8 Å². The number of likely N-dealkylation sites (N-methyl/N-ethyl adjacent to an activating group) is 1. The highest BCUT2D eigenvalue weighted by Crippen LogP contribution is 2.32. The number of hydrogen-bond acceptors (Lipinski definition) is 5. The van der Waals surface area contributed by atoms with E-state index in [1.54, 1.807) is 30.3 Å². The van der Waals surface area contributed by atoms with Gasteiger partial charge in [-0.05, 0) is 37.2 Å². The van der Waals surface area contributed by atoms with Crippen molar-refractivity contribution in [3.8, 4) is 5.75 Å². The molecule has 2 N–H and O–H groups in total. The first-order valence-electron chi connectivity index (χ1n) is 11.2. The summed E-state index contributed by atoms with van der Waals surface area (Å²) in [6.07, 6.45) is 0. The van der Waals surface area contributed by atoms with E-state index >= 15 is 0 Å². The van der Waals surface area contributed by atoms with E-state index in [1.165, 1.54) is 16.7 Å². The number of halogens is 2. The van der Waals surface area contributed by atoms with Crippen LogP contribution in [0.25, 0.3) is 10.9 Å². The Morgan fingerprint density at radius 1 is 1.09 bits per heavy atom. The van der Waals surface area contributed by atoms with Crippen molar-refractivity contribution < 1.29 is 14.3 Å². The number of rotatable bonds is 5. The van der Waals surface area contributed by atoms with Crippen molar-refractivity contribution in [3.05, 3.63) is 64.2 Å². The number of fused-ring (bicyclic) bond motifs is 1. The van der Waals surface area contributed by atoms with Crippen LogP contribution in [-0.2, 0) is 6.54 Å². The summed E-state index contributed by atoms with van der Waals surface area (Å²) >= 11 is 0. The summed E-state index contributed by atoms with van der Waals surface area (Å²) in [5.41, 5.74) is 0.209. The second-order valence-corrected chi connectivity index (χ2v) is 8.93. The number of aromatic hydroxyl groups is 1. The molecule has 2 aromatic carbocycles. The van der Waals surface area contributed by atoms with Crippen LogP contribution in [0.4, 0.5) is 15.8 Å². The van der Waals surface area contributed by atoms with Crippen LogP contribution in [0.3, 0.4) is 0 Å². The maximum Gasteiger partial charge on any atom is 0.267 e. The van der Waals surface area contributed by atoms with Crippen molar-refractivity contribution in [1.29, 1.82) is 0 Å². The molecular formula is C25H30ClFN4O3. The largest absolute Gasteiger partial charge is 0.506 e. The number of para-hydroxylation sites is 2. The van der Waals surface area contributed by atoms with Crippen LogP contribution in [0.1, 0.15) is 24.2 Å². The molecule has 1 aromatic heterocycles. The van der Waals surface area contributed by atoms with Gasteiger partial charge in [0, 0.05) is 38.1 Å². The molecule has 0 unspecified atom stereocenters. The lowest BCUT2D eigenvalue weighted by Gasteiger charge is -2.35. The molecule has 1 saturated heterocycles. The minimum absolute atomic E-state index is 0. The normalized spacial score (nSPS) is 14.3. The van der Waals surface area contributed by atoms with E-state index in [9.17, 15) is 19.1 Å². The molecule has 182 valence electrons. The zero-order valence-corrected chi connectivity index (χ0v) is 20.4. The van der Waals surface area contributed by atoms with Crippen LogP contribution in [0, 0.1) is 11.7 Å². The van der Waals surface area contributed by atoms with Crippen molar-refractivity contribution in [2.45, 2.75) is 20.4 Å². The van der Waals surface area contributed by atoms with E-state index < -0.39 is 17.3 Å². The zero-order valence-electron chi connectivity index (χ0n) is 19.5. The number of anilines is 2. The van der Waals surface area contributed by atoms with Gasteiger partial charge in [0.05, 0.1) is 16.9 Å². The quantitative estimate of drug-likeness (QED) is 0.569. The maximum absolute atomic E-state index is 14.8. The fourth-order valence-electron chi connectivity index (χ4n) is 4.29. The highest BCUT2D eigenvalue weighted by atomic mass is 35.5. The predicted molar refractivity (Wildman–Crippen MR) is 136 cm³/mol. The monoisotopic (exact) mass is 488 g/mol. The summed E-state index contributed by atoms with van der Waals surface area (Å²) in [6, 6.07) is 11.4. The highest BCUT2D eigenvalue weighted by Gasteiger charge is 2.26. The summed E-state index contributed by atoms with van der Waals surface area (Å²) in [6.45, 7) is 7.11. The average Bonchev–Trinajstić information content (AvgIpc) is 2.78. The first kappa shape index (κ1) is 25.5. The Balaban J connectivity index is 0.00000324. The van der Waals surface area contributed by atoms with Crippen molar-refractivity contribution in [3.63, 3.8) is 0 Å². The van der Waals surface area contributed by atoms with Crippen molar-refractivity contribution in [2.75, 3.05) is 43.4 Å². The smallest absolute Gasteiger partial charge is 0.267 e. The number of piperazine rings is 1. The topological polar surface area (TPSA) is 77.8 Å². The van der Waals surface area contributed by atoms with Gasteiger partial charge in [0.15, 0.2) is 0 Å². The Kier molecular flexibility index (Phi) is 7.84. The molecule has 1 aliphatic rings. The second-order valence-electron chi connectivity index (χ2n) is 8.93. The fourth-order valence-corrected chi connectivity index (χ4v) is 4.29. The van der Waals surface area contributed by atoms with E-state index in [0.717, 1.165) is 13.1 Å². The molecule has 0 atom stereocenters. The number of amides is 1. The lowest BCUT2D eigenvalue weighted by molar-refractivity contribution is 0.102. The molecule has 0 bridgehead atoms. The number of aromatic nitrogens is 1. The summed E-state index contributed by atoms with van der Waals surface area (Å²) in [4.78, 5) is 30.7. The zero-order chi connectivity index (χ0) is 23.7. The molecule has 2 heterocycles. The summed E-state index contributed by atoms with van der Waals surface area (Å²) in [5, 5.41) is 14.0. The van der Waals surface area contributed by atoms with Crippen LogP contribution >= 0.6 is 12.4 Å². The molecule has 1 fully saturated rings. The van der Waals surface area contributed by atoms with E-state index in [1.807, 2.05) is 25.8 Å². The van der Waals surface area contributed by atoms with Gasteiger partial charge in [-0.25, -0.2) is 4.39 Å². The number of hydrogen-bond donors (Lipinski definition) is 2. The number of carbonyl (C=O) groups is 1. The number of carbonyl (C=O) groups excluding carboxylic acids is 1. The molecule has 3 aromatic rings. The summed E-state index contributed by atoms with van der Waals surface area (Å²) in [7, 11) is 2.01.